The van der Waals surface area contributed by atoms with Crippen molar-refractivity contribution in [1.29, 1.82) is 0 Å². The highest BCUT2D eigenvalue weighted by molar-refractivity contribution is 5.95. The van der Waals surface area contributed by atoms with Gasteiger partial charge in [-0.1, -0.05) is 30.3 Å². The average Bonchev–Trinajstić information content (AvgIpc) is 3.07. The molecular formula is C19H20N4O4. The standard InChI is InChI=1S/C19H20N4O4/c1-25-15-9-13(10-16(26-2)17(15)27-3)18-21-19(20)23(22-18)11-14(24)12-7-5-4-6-8-12/h4-10H,11H2,1-3H3,(H2,20,21,22). The lowest BCUT2D eigenvalue weighted by Gasteiger charge is -2.12. The maximum absolute atomic E-state index is 12.4. The molecule has 0 aliphatic rings. The number of nitrogens with zero attached hydrogens (tertiary/aromatic N) is 3. The summed E-state index contributed by atoms with van der Waals surface area (Å²) in [6, 6.07) is 12.4. The second-order valence-corrected chi connectivity index (χ2v) is 5.65. The van der Waals surface area contributed by atoms with E-state index in [1.165, 1.54) is 26.0 Å². The molecule has 0 saturated carbocycles. The van der Waals surface area contributed by atoms with E-state index < -0.39 is 0 Å². The second kappa shape index (κ2) is 7.77. The molecule has 0 atom stereocenters. The van der Waals surface area contributed by atoms with E-state index in [2.05, 4.69) is 10.1 Å². The normalized spacial score (nSPS) is 10.5. The van der Waals surface area contributed by atoms with Crippen LogP contribution in [0.1, 0.15) is 10.4 Å². The van der Waals surface area contributed by atoms with Gasteiger partial charge >= 0.3 is 0 Å². The number of rotatable bonds is 7. The molecule has 0 unspecified atom stereocenters. The first-order valence-corrected chi connectivity index (χ1v) is 8.16. The van der Waals surface area contributed by atoms with Gasteiger partial charge in [-0.2, -0.15) is 4.98 Å². The number of anilines is 1. The van der Waals surface area contributed by atoms with E-state index >= 15 is 0 Å². The smallest absolute Gasteiger partial charge is 0.219 e. The molecule has 0 aliphatic carbocycles. The summed E-state index contributed by atoms with van der Waals surface area (Å²) < 4.78 is 17.4. The third kappa shape index (κ3) is 3.69. The average molecular weight is 368 g/mol. The van der Waals surface area contributed by atoms with Crippen LogP contribution in [-0.2, 0) is 6.54 Å². The minimum atomic E-state index is -0.108. The molecule has 0 aliphatic heterocycles. The number of Topliss-reactive ketones (excluding diaryl/α,β-unsaturated/α-hetero) is 1. The van der Waals surface area contributed by atoms with E-state index in [4.69, 9.17) is 19.9 Å². The van der Waals surface area contributed by atoms with Crippen molar-refractivity contribution in [3.05, 3.63) is 48.0 Å². The molecule has 3 rings (SSSR count). The summed E-state index contributed by atoms with van der Waals surface area (Å²) in [5.41, 5.74) is 7.16. The summed E-state index contributed by atoms with van der Waals surface area (Å²) in [5.74, 6) is 1.80. The van der Waals surface area contributed by atoms with Crippen molar-refractivity contribution >= 4 is 11.7 Å². The quantitative estimate of drug-likeness (QED) is 0.639. The molecule has 2 aromatic carbocycles. The lowest BCUT2D eigenvalue weighted by molar-refractivity contribution is 0.0968. The fourth-order valence-electron chi connectivity index (χ4n) is 2.65. The summed E-state index contributed by atoms with van der Waals surface area (Å²) in [7, 11) is 4.58. The molecule has 0 fully saturated rings. The molecule has 27 heavy (non-hydrogen) atoms. The molecule has 2 N–H and O–H groups in total. The van der Waals surface area contributed by atoms with Crippen molar-refractivity contribution in [2.45, 2.75) is 6.54 Å². The Hall–Kier alpha value is -3.55. The van der Waals surface area contributed by atoms with Crippen molar-refractivity contribution in [2.24, 2.45) is 0 Å². The minimum Gasteiger partial charge on any atom is -0.493 e. The molecule has 0 bridgehead atoms. The summed E-state index contributed by atoms with van der Waals surface area (Å²) in [6.45, 7) is -0.00668. The van der Waals surface area contributed by atoms with Gasteiger partial charge in [0.2, 0.25) is 11.7 Å². The van der Waals surface area contributed by atoms with Gasteiger partial charge in [-0.15, -0.1) is 5.10 Å². The Morgan fingerprint density at radius 1 is 1.04 bits per heavy atom. The van der Waals surface area contributed by atoms with Gasteiger partial charge in [0.05, 0.1) is 21.3 Å². The van der Waals surface area contributed by atoms with E-state index in [-0.39, 0.29) is 18.3 Å². The van der Waals surface area contributed by atoms with Crippen molar-refractivity contribution in [3.63, 3.8) is 0 Å². The zero-order chi connectivity index (χ0) is 19.4. The number of nitrogen functional groups attached to an aromatic ring is 1. The number of methoxy groups -OCH3 is 3. The summed E-state index contributed by atoms with van der Waals surface area (Å²) in [5, 5.41) is 4.36. The molecule has 140 valence electrons. The fraction of sp³-hybridized carbons (Fsp3) is 0.211. The van der Waals surface area contributed by atoms with Crippen LogP contribution in [-0.4, -0.2) is 41.9 Å². The van der Waals surface area contributed by atoms with Crippen LogP contribution in [0.15, 0.2) is 42.5 Å². The predicted octanol–water partition coefficient (Wildman–Crippen LogP) is 2.44. The Bertz CT molecular complexity index is 929. The van der Waals surface area contributed by atoms with Gasteiger partial charge in [0.15, 0.2) is 23.1 Å². The van der Waals surface area contributed by atoms with Gasteiger partial charge in [0, 0.05) is 11.1 Å². The van der Waals surface area contributed by atoms with Crippen LogP contribution in [0, 0.1) is 0 Å². The van der Waals surface area contributed by atoms with E-state index in [0.29, 0.717) is 34.2 Å². The van der Waals surface area contributed by atoms with E-state index in [1.54, 1.807) is 36.4 Å². The third-order valence-corrected chi connectivity index (χ3v) is 4.01. The number of benzene rings is 2. The summed E-state index contributed by atoms with van der Waals surface area (Å²) >= 11 is 0. The van der Waals surface area contributed by atoms with Gasteiger partial charge in [-0.3, -0.25) is 4.79 Å². The van der Waals surface area contributed by atoms with Gasteiger partial charge in [0.1, 0.15) is 6.54 Å². The molecule has 3 aromatic rings. The number of ether oxygens (including phenoxy) is 3. The molecule has 1 heterocycles. The van der Waals surface area contributed by atoms with Gasteiger partial charge < -0.3 is 19.9 Å². The van der Waals surface area contributed by atoms with Crippen molar-refractivity contribution in [2.75, 3.05) is 27.1 Å². The zero-order valence-corrected chi connectivity index (χ0v) is 15.3. The monoisotopic (exact) mass is 368 g/mol. The highest BCUT2D eigenvalue weighted by Crippen LogP contribution is 2.40. The molecule has 0 radical (unpaired) electrons. The van der Waals surface area contributed by atoms with Crippen LogP contribution in [0.25, 0.3) is 11.4 Å². The lowest BCUT2D eigenvalue weighted by atomic mass is 10.1. The van der Waals surface area contributed by atoms with Crippen LogP contribution < -0.4 is 19.9 Å². The first-order chi connectivity index (χ1) is 13.1. The minimum absolute atomic E-state index is 0.00668. The Morgan fingerprint density at radius 2 is 1.67 bits per heavy atom. The Labute approximate surface area is 156 Å². The Balaban J connectivity index is 1.93. The third-order valence-electron chi connectivity index (χ3n) is 4.01. The highest BCUT2D eigenvalue weighted by atomic mass is 16.5. The first-order valence-electron chi connectivity index (χ1n) is 8.16. The van der Waals surface area contributed by atoms with Crippen LogP contribution in [0.4, 0.5) is 5.95 Å². The first kappa shape index (κ1) is 18.2. The maximum atomic E-state index is 12.4. The van der Waals surface area contributed by atoms with Gasteiger partial charge in [-0.25, -0.2) is 4.68 Å². The SMILES string of the molecule is COc1cc(-c2nc(N)n(CC(=O)c3ccccc3)n2)cc(OC)c1OC. The lowest BCUT2D eigenvalue weighted by Crippen LogP contribution is -2.14. The Kier molecular flexibility index (Phi) is 5.25. The maximum Gasteiger partial charge on any atom is 0.219 e. The predicted molar refractivity (Wildman–Crippen MR) is 100 cm³/mol. The van der Waals surface area contributed by atoms with Crippen molar-refractivity contribution in [1.82, 2.24) is 14.8 Å². The van der Waals surface area contributed by atoms with E-state index in [9.17, 15) is 4.79 Å². The fourth-order valence-corrected chi connectivity index (χ4v) is 2.65. The van der Waals surface area contributed by atoms with Crippen LogP contribution in [0.5, 0.6) is 17.2 Å². The topological polar surface area (TPSA) is 101 Å². The van der Waals surface area contributed by atoms with Crippen molar-refractivity contribution < 1.29 is 19.0 Å². The summed E-state index contributed by atoms with van der Waals surface area (Å²) in [6.07, 6.45) is 0. The molecule has 0 amide bonds. The Morgan fingerprint density at radius 3 is 2.22 bits per heavy atom. The van der Waals surface area contributed by atoms with Crippen LogP contribution in [0.3, 0.4) is 0 Å². The van der Waals surface area contributed by atoms with E-state index in [0.717, 1.165) is 0 Å². The number of carbonyl (C=O) groups excluding carboxylic acids is 1. The highest BCUT2D eigenvalue weighted by Gasteiger charge is 2.18. The molecular weight excluding hydrogens is 348 g/mol. The zero-order valence-electron chi connectivity index (χ0n) is 15.3. The van der Waals surface area contributed by atoms with Crippen molar-refractivity contribution in [3.8, 4) is 28.6 Å². The van der Waals surface area contributed by atoms with Gasteiger partial charge in [-0.05, 0) is 12.1 Å². The number of carbonyl (C=O) groups is 1. The number of aromatic nitrogens is 3. The van der Waals surface area contributed by atoms with Gasteiger partial charge in [0.25, 0.3) is 0 Å². The number of ketones is 1. The summed E-state index contributed by atoms with van der Waals surface area (Å²) in [4.78, 5) is 16.7. The molecule has 1 aromatic heterocycles. The molecule has 8 nitrogen and oxygen atoms in total. The number of hydrogen-bond acceptors (Lipinski definition) is 7. The number of hydrogen-bond donors (Lipinski definition) is 1. The molecule has 0 spiro atoms. The largest absolute Gasteiger partial charge is 0.493 e. The van der Waals surface area contributed by atoms with E-state index in [1.807, 2.05) is 6.07 Å². The molecule has 8 heteroatoms. The number of nitrogens with two attached hydrogens (primary N) is 1. The van der Waals surface area contributed by atoms with Crippen LogP contribution >= 0.6 is 0 Å². The van der Waals surface area contributed by atoms with Crippen LogP contribution in [0.2, 0.25) is 0 Å². The molecule has 0 saturated heterocycles. The second-order valence-electron chi connectivity index (χ2n) is 5.65.